The molecule has 4 aromatic rings. The van der Waals surface area contributed by atoms with Crippen LogP contribution in [0.25, 0.3) is 16.6 Å². The zero-order chi connectivity index (χ0) is 21.6. The molecule has 0 spiro atoms. The third kappa shape index (κ3) is 4.72. The summed E-state index contributed by atoms with van der Waals surface area (Å²) < 4.78 is 26.4. The predicted molar refractivity (Wildman–Crippen MR) is 121 cm³/mol. The second-order valence-electron chi connectivity index (χ2n) is 6.61. The molecule has 7 heteroatoms. The minimum absolute atomic E-state index is 0.146. The quantitative estimate of drug-likeness (QED) is 0.219. The van der Waals surface area contributed by atoms with E-state index >= 15 is 0 Å². The van der Waals surface area contributed by atoms with Crippen molar-refractivity contribution < 1.29 is 13.9 Å². The lowest BCUT2D eigenvalue weighted by Gasteiger charge is -2.14. The summed E-state index contributed by atoms with van der Waals surface area (Å²) in [5, 5.41) is 1.09. The summed E-state index contributed by atoms with van der Waals surface area (Å²) in [5.41, 5.74) is 1.18. The Kier molecular flexibility index (Phi) is 6.52. The number of fused-ring (bicyclic) bond motifs is 1. The van der Waals surface area contributed by atoms with Gasteiger partial charge in [0.15, 0.2) is 16.7 Å². The fraction of sp³-hybridized carbons (Fsp3) is 0.167. The Labute approximate surface area is 183 Å². The van der Waals surface area contributed by atoms with Gasteiger partial charge in [0.05, 0.1) is 29.8 Å². The highest BCUT2D eigenvalue weighted by Gasteiger charge is 2.13. The maximum Gasteiger partial charge on any atom is 0.266 e. The van der Waals surface area contributed by atoms with Crippen LogP contribution in [0.1, 0.15) is 6.92 Å². The molecule has 0 bridgehead atoms. The number of halogens is 1. The number of thioether (sulfide) groups is 1. The smallest absolute Gasteiger partial charge is 0.266 e. The third-order valence-electron chi connectivity index (χ3n) is 4.56. The maximum atomic E-state index is 13.7. The molecule has 4 rings (SSSR count). The van der Waals surface area contributed by atoms with E-state index in [1.54, 1.807) is 28.8 Å². The second kappa shape index (κ2) is 9.66. The van der Waals surface area contributed by atoms with Gasteiger partial charge >= 0.3 is 0 Å². The van der Waals surface area contributed by atoms with Gasteiger partial charge in [-0.3, -0.25) is 9.36 Å². The van der Waals surface area contributed by atoms with Crippen molar-refractivity contribution in [1.29, 1.82) is 0 Å². The summed E-state index contributed by atoms with van der Waals surface area (Å²) in [7, 11) is 0. The zero-order valence-electron chi connectivity index (χ0n) is 17.0. The topological polar surface area (TPSA) is 53.4 Å². The molecular formula is C24H21FN2O3S. The summed E-state index contributed by atoms with van der Waals surface area (Å²) in [6.45, 7) is 2.77. The normalized spacial score (nSPS) is 10.9. The molecule has 0 radical (unpaired) electrons. The van der Waals surface area contributed by atoms with Crippen molar-refractivity contribution in [3.63, 3.8) is 0 Å². The van der Waals surface area contributed by atoms with E-state index in [9.17, 15) is 9.18 Å². The van der Waals surface area contributed by atoms with Crippen LogP contribution in [0.15, 0.2) is 82.7 Å². The standard InChI is InChI=1S/C24H21FN2O3S/c1-2-29-18-13-11-17(12-14-18)27-23(28)19-7-3-5-9-21(19)26-24(27)31-16-15-30-22-10-6-4-8-20(22)25/h3-14H,2,15-16H2,1H3. The fourth-order valence-corrected chi connectivity index (χ4v) is 3.97. The van der Waals surface area contributed by atoms with Gasteiger partial charge in [-0.1, -0.05) is 36.0 Å². The van der Waals surface area contributed by atoms with Crippen LogP contribution in [-0.4, -0.2) is 28.5 Å². The molecule has 0 aliphatic heterocycles. The largest absolute Gasteiger partial charge is 0.494 e. The molecule has 0 N–H and O–H groups in total. The van der Waals surface area contributed by atoms with E-state index in [1.807, 2.05) is 49.4 Å². The number of rotatable bonds is 8. The number of nitrogens with zero attached hydrogens (tertiary/aromatic N) is 2. The summed E-state index contributed by atoms with van der Waals surface area (Å²) >= 11 is 1.38. The molecule has 0 fully saturated rings. The van der Waals surface area contributed by atoms with Crippen molar-refractivity contribution in [3.8, 4) is 17.2 Å². The Morgan fingerprint density at radius 2 is 1.71 bits per heavy atom. The number of hydrogen-bond acceptors (Lipinski definition) is 5. The van der Waals surface area contributed by atoms with Gasteiger partial charge < -0.3 is 9.47 Å². The molecular weight excluding hydrogens is 415 g/mol. The Bertz CT molecular complexity index is 1240. The van der Waals surface area contributed by atoms with E-state index < -0.39 is 5.82 Å². The molecule has 0 unspecified atom stereocenters. The molecule has 3 aromatic carbocycles. The van der Waals surface area contributed by atoms with Crippen molar-refractivity contribution in [3.05, 3.63) is 89.0 Å². The lowest BCUT2D eigenvalue weighted by atomic mass is 10.2. The first kappa shape index (κ1) is 20.9. The van der Waals surface area contributed by atoms with E-state index in [1.165, 1.54) is 17.8 Å². The van der Waals surface area contributed by atoms with Crippen LogP contribution in [0.5, 0.6) is 11.5 Å². The Hall–Kier alpha value is -3.32. The van der Waals surface area contributed by atoms with Crippen LogP contribution in [-0.2, 0) is 0 Å². The lowest BCUT2D eigenvalue weighted by molar-refractivity contribution is 0.325. The van der Waals surface area contributed by atoms with Crippen LogP contribution in [0.4, 0.5) is 4.39 Å². The molecule has 0 aliphatic rings. The number of benzene rings is 3. The molecule has 0 atom stereocenters. The molecule has 0 amide bonds. The second-order valence-corrected chi connectivity index (χ2v) is 7.67. The van der Waals surface area contributed by atoms with Gasteiger partial charge in [0.1, 0.15) is 5.75 Å². The molecule has 158 valence electrons. The first-order valence-electron chi connectivity index (χ1n) is 9.92. The van der Waals surface area contributed by atoms with Gasteiger partial charge in [-0.25, -0.2) is 9.37 Å². The first-order valence-corrected chi connectivity index (χ1v) is 10.9. The van der Waals surface area contributed by atoms with Gasteiger partial charge in [0, 0.05) is 5.75 Å². The van der Waals surface area contributed by atoms with E-state index in [0.29, 0.717) is 34.1 Å². The maximum absolute atomic E-state index is 13.7. The minimum Gasteiger partial charge on any atom is -0.494 e. The first-order chi connectivity index (χ1) is 15.2. The average molecular weight is 437 g/mol. The van der Waals surface area contributed by atoms with E-state index in [-0.39, 0.29) is 17.9 Å². The van der Waals surface area contributed by atoms with E-state index in [2.05, 4.69) is 0 Å². The van der Waals surface area contributed by atoms with Crippen molar-refractivity contribution >= 4 is 22.7 Å². The van der Waals surface area contributed by atoms with E-state index in [4.69, 9.17) is 14.5 Å². The molecule has 0 saturated heterocycles. The van der Waals surface area contributed by atoms with Crippen LogP contribution in [0.2, 0.25) is 0 Å². The Morgan fingerprint density at radius 1 is 0.968 bits per heavy atom. The van der Waals surface area contributed by atoms with Gasteiger partial charge in [0.2, 0.25) is 0 Å². The Morgan fingerprint density at radius 3 is 2.48 bits per heavy atom. The lowest BCUT2D eigenvalue weighted by Crippen LogP contribution is -2.22. The van der Waals surface area contributed by atoms with Crippen molar-refractivity contribution in [2.45, 2.75) is 12.1 Å². The van der Waals surface area contributed by atoms with Gasteiger partial charge in [-0.05, 0) is 55.5 Å². The zero-order valence-corrected chi connectivity index (χ0v) is 17.8. The molecule has 1 heterocycles. The summed E-state index contributed by atoms with van der Waals surface area (Å²) in [6.07, 6.45) is 0. The van der Waals surface area contributed by atoms with Crippen LogP contribution < -0.4 is 15.0 Å². The number of hydrogen-bond donors (Lipinski definition) is 0. The van der Waals surface area contributed by atoms with Crippen molar-refractivity contribution in [2.24, 2.45) is 0 Å². The highest BCUT2D eigenvalue weighted by Crippen LogP contribution is 2.23. The molecule has 31 heavy (non-hydrogen) atoms. The SMILES string of the molecule is CCOc1ccc(-n2c(SCCOc3ccccc3F)nc3ccccc3c2=O)cc1. The van der Waals surface area contributed by atoms with Crippen molar-refractivity contribution in [1.82, 2.24) is 9.55 Å². The summed E-state index contributed by atoms with van der Waals surface area (Å²) in [6, 6.07) is 20.9. The molecule has 0 aliphatic carbocycles. The van der Waals surface area contributed by atoms with Crippen molar-refractivity contribution in [2.75, 3.05) is 19.0 Å². The van der Waals surface area contributed by atoms with Gasteiger partial charge in [0.25, 0.3) is 5.56 Å². The molecule has 5 nitrogen and oxygen atoms in total. The van der Waals surface area contributed by atoms with Crippen LogP contribution in [0, 0.1) is 5.82 Å². The predicted octanol–water partition coefficient (Wildman–Crippen LogP) is 5.09. The van der Waals surface area contributed by atoms with Crippen LogP contribution >= 0.6 is 11.8 Å². The average Bonchev–Trinajstić information content (AvgIpc) is 2.79. The molecule has 1 aromatic heterocycles. The fourth-order valence-electron chi connectivity index (χ4n) is 3.14. The summed E-state index contributed by atoms with van der Waals surface area (Å²) in [5.74, 6) is 1.04. The monoisotopic (exact) mass is 436 g/mol. The molecule has 0 saturated carbocycles. The van der Waals surface area contributed by atoms with Crippen LogP contribution in [0.3, 0.4) is 0 Å². The minimum atomic E-state index is -0.400. The third-order valence-corrected chi connectivity index (χ3v) is 5.46. The number of ether oxygens (including phenoxy) is 2. The highest BCUT2D eigenvalue weighted by molar-refractivity contribution is 7.99. The summed E-state index contributed by atoms with van der Waals surface area (Å²) in [4.78, 5) is 18.0. The number of aromatic nitrogens is 2. The Balaban J connectivity index is 1.62. The highest BCUT2D eigenvalue weighted by atomic mass is 32.2. The van der Waals surface area contributed by atoms with E-state index in [0.717, 1.165) is 5.75 Å². The van der Waals surface area contributed by atoms with Gasteiger partial charge in [-0.15, -0.1) is 0 Å². The number of para-hydroxylation sites is 2. The van der Waals surface area contributed by atoms with Gasteiger partial charge in [-0.2, -0.15) is 0 Å².